The van der Waals surface area contributed by atoms with E-state index in [1.807, 2.05) is 11.8 Å². The first-order valence-corrected chi connectivity index (χ1v) is 13.0. The summed E-state index contributed by atoms with van der Waals surface area (Å²) < 4.78 is 8.95. The van der Waals surface area contributed by atoms with Crippen molar-refractivity contribution in [3.63, 3.8) is 0 Å². The first-order valence-electron chi connectivity index (χ1n) is 11.4. The third-order valence-electron chi connectivity index (χ3n) is 6.50. The molecule has 0 spiro atoms. The van der Waals surface area contributed by atoms with Crippen LogP contribution in [-0.4, -0.2) is 50.0 Å². The number of nitrogen functional groups attached to an aromatic ring is 1. The van der Waals surface area contributed by atoms with Gasteiger partial charge in [-0.1, -0.05) is 18.7 Å². The SMILES string of the molecule is CCC(=O)N1CCC(CCn2c(Sc3cc4c(cc3Br)CCO4)nc3c(N)ncnc32)CC1. The molecule has 33 heavy (non-hydrogen) atoms. The number of nitrogens with two attached hydrogens (primary N) is 1. The standard InChI is InChI=1S/C23H27BrN6O2S/c1-2-19(31)29-7-3-14(4-8-29)5-9-30-22-20(21(25)26-13-27-22)28-23(30)33-18-12-17-15(6-10-32-17)11-16(18)24/h11-14H,2-10H2,1H3,(H2,25,26,27). The van der Waals surface area contributed by atoms with Gasteiger partial charge in [0, 0.05) is 41.8 Å². The summed E-state index contributed by atoms with van der Waals surface area (Å²) in [5.41, 5.74) is 8.75. The number of hydrogen-bond acceptors (Lipinski definition) is 7. The second kappa shape index (κ2) is 9.50. The maximum Gasteiger partial charge on any atom is 0.222 e. The number of likely N-dealkylation sites (tertiary alicyclic amines) is 1. The molecule has 1 fully saturated rings. The van der Waals surface area contributed by atoms with Gasteiger partial charge in [-0.25, -0.2) is 15.0 Å². The Morgan fingerprint density at radius 2 is 2.12 bits per heavy atom. The second-order valence-electron chi connectivity index (χ2n) is 8.53. The predicted octanol–water partition coefficient (Wildman–Crippen LogP) is 4.30. The molecule has 0 aliphatic carbocycles. The number of halogens is 1. The Kier molecular flexibility index (Phi) is 6.47. The summed E-state index contributed by atoms with van der Waals surface area (Å²) in [5, 5.41) is 0.842. The molecule has 10 heteroatoms. The Morgan fingerprint density at radius 3 is 2.91 bits per heavy atom. The third kappa shape index (κ3) is 4.55. The Bertz CT molecular complexity index is 1190. The molecule has 4 heterocycles. The van der Waals surface area contributed by atoms with Crippen molar-refractivity contribution < 1.29 is 9.53 Å². The number of hydrogen-bond donors (Lipinski definition) is 1. The minimum Gasteiger partial charge on any atom is -0.493 e. The van der Waals surface area contributed by atoms with Crippen LogP contribution in [-0.2, 0) is 17.8 Å². The van der Waals surface area contributed by atoms with Crippen molar-refractivity contribution in [2.75, 3.05) is 25.4 Å². The zero-order valence-corrected chi connectivity index (χ0v) is 21.0. The Morgan fingerprint density at radius 1 is 1.30 bits per heavy atom. The molecule has 2 aliphatic rings. The highest BCUT2D eigenvalue weighted by molar-refractivity contribution is 9.10. The fraction of sp³-hybridized carbons (Fsp3) is 0.478. The summed E-state index contributed by atoms with van der Waals surface area (Å²) >= 11 is 5.30. The number of aromatic nitrogens is 4. The van der Waals surface area contributed by atoms with Gasteiger partial charge in [0.15, 0.2) is 22.1 Å². The number of anilines is 1. The normalized spacial score (nSPS) is 16.2. The van der Waals surface area contributed by atoms with Crippen LogP contribution in [0.2, 0.25) is 0 Å². The van der Waals surface area contributed by atoms with Crippen LogP contribution in [0, 0.1) is 5.92 Å². The lowest BCUT2D eigenvalue weighted by Gasteiger charge is -2.32. The van der Waals surface area contributed by atoms with Crippen molar-refractivity contribution in [1.82, 2.24) is 24.4 Å². The van der Waals surface area contributed by atoms with E-state index in [0.29, 0.717) is 23.7 Å². The van der Waals surface area contributed by atoms with Crippen molar-refractivity contribution in [2.45, 2.75) is 55.6 Å². The second-order valence-corrected chi connectivity index (χ2v) is 10.4. The summed E-state index contributed by atoms with van der Waals surface area (Å²) in [4.78, 5) is 28.5. The number of rotatable bonds is 6. The number of amides is 1. The Labute approximate surface area is 205 Å². The molecule has 0 radical (unpaired) electrons. The highest BCUT2D eigenvalue weighted by Crippen LogP contribution is 2.40. The van der Waals surface area contributed by atoms with E-state index < -0.39 is 0 Å². The van der Waals surface area contributed by atoms with E-state index in [2.05, 4.69) is 42.6 Å². The monoisotopic (exact) mass is 530 g/mol. The van der Waals surface area contributed by atoms with Crippen LogP contribution in [0.1, 0.15) is 38.2 Å². The molecule has 2 aromatic heterocycles. The number of imidazole rings is 1. The molecule has 8 nitrogen and oxygen atoms in total. The molecule has 0 saturated carbocycles. The highest BCUT2D eigenvalue weighted by Gasteiger charge is 2.24. The van der Waals surface area contributed by atoms with Gasteiger partial charge in [0.1, 0.15) is 12.1 Å². The third-order valence-corrected chi connectivity index (χ3v) is 8.47. The van der Waals surface area contributed by atoms with Crippen molar-refractivity contribution in [2.24, 2.45) is 5.92 Å². The zero-order chi connectivity index (χ0) is 22.9. The molecule has 3 aromatic rings. The van der Waals surface area contributed by atoms with Crippen molar-refractivity contribution in [3.8, 4) is 5.75 Å². The van der Waals surface area contributed by atoms with Crippen LogP contribution >= 0.6 is 27.7 Å². The van der Waals surface area contributed by atoms with Crippen LogP contribution < -0.4 is 10.5 Å². The minimum atomic E-state index is 0.254. The molecular weight excluding hydrogens is 504 g/mol. The predicted molar refractivity (Wildman–Crippen MR) is 131 cm³/mol. The number of piperidine rings is 1. The molecule has 174 valence electrons. The molecule has 0 unspecified atom stereocenters. The summed E-state index contributed by atoms with van der Waals surface area (Å²) in [5.74, 6) is 2.16. The molecule has 1 saturated heterocycles. The molecule has 0 atom stereocenters. The molecule has 0 bridgehead atoms. The number of ether oxygens (including phenoxy) is 1. The van der Waals surface area contributed by atoms with Gasteiger partial charge in [-0.3, -0.25) is 4.79 Å². The average molecular weight is 531 g/mol. The smallest absolute Gasteiger partial charge is 0.222 e. The van der Waals surface area contributed by atoms with Crippen LogP contribution in [0.5, 0.6) is 5.75 Å². The molecular formula is C23H27BrN6O2S. The van der Waals surface area contributed by atoms with Crippen molar-refractivity contribution in [3.05, 3.63) is 28.5 Å². The average Bonchev–Trinajstić information content (AvgIpc) is 3.42. The van der Waals surface area contributed by atoms with Gasteiger partial charge >= 0.3 is 0 Å². The number of carbonyl (C=O) groups excluding carboxylic acids is 1. The number of fused-ring (bicyclic) bond motifs is 2. The zero-order valence-electron chi connectivity index (χ0n) is 18.6. The van der Waals surface area contributed by atoms with E-state index in [0.717, 1.165) is 77.8 Å². The largest absolute Gasteiger partial charge is 0.493 e. The maximum absolute atomic E-state index is 12.0. The van der Waals surface area contributed by atoms with Gasteiger partial charge < -0.3 is 19.9 Å². The first kappa shape index (κ1) is 22.5. The molecule has 2 N–H and O–H groups in total. The molecule has 2 aliphatic heterocycles. The van der Waals surface area contributed by atoms with Gasteiger partial charge in [-0.15, -0.1) is 0 Å². The van der Waals surface area contributed by atoms with Gasteiger partial charge in [0.05, 0.1) is 6.61 Å². The van der Waals surface area contributed by atoms with Crippen molar-refractivity contribution >= 4 is 50.6 Å². The van der Waals surface area contributed by atoms with E-state index in [1.54, 1.807) is 11.8 Å². The quantitative estimate of drug-likeness (QED) is 0.507. The lowest BCUT2D eigenvalue weighted by atomic mass is 9.93. The van der Waals surface area contributed by atoms with Gasteiger partial charge in [-0.2, -0.15) is 0 Å². The molecule has 5 rings (SSSR count). The minimum absolute atomic E-state index is 0.254. The van der Waals surface area contributed by atoms with Gasteiger partial charge in [-0.05, 0) is 58.8 Å². The lowest BCUT2D eigenvalue weighted by Crippen LogP contribution is -2.38. The molecule has 1 amide bonds. The van der Waals surface area contributed by atoms with Gasteiger partial charge in [0.25, 0.3) is 0 Å². The van der Waals surface area contributed by atoms with Gasteiger partial charge in [0.2, 0.25) is 5.91 Å². The summed E-state index contributed by atoms with van der Waals surface area (Å²) in [6.45, 7) is 5.14. The number of carbonyl (C=O) groups is 1. The van der Waals surface area contributed by atoms with E-state index >= 15 is 0 Å². The van der Waals surface area contributed by atoms with E-state index in [9.17, 15) is 4.79 Å². The summed E-state index contributed by atoms with van der Waals surface area (Å²) in [7, 11) is 0. The van der Waals surface area contributed by atoms with Crippen LogP contribution in [0.15, 0.2) is 33.0 Å². The van der Waals surface area contributed by atoms with Crippen LogP contribution in [0.3, 0.4) is 0 Å². The van der Waals surface area contributed by atoms with E-state index in [1.165, 1.54) is 11.9 Å². The van der Waals surface area contributed by atoms with Crippen LogP contribution in [0.25, 0.3) is 11.2 Å². The molecule has 1 aromatic carbocycles. The summed E-state index contributed by atoms with van der Waals surface area (Å²) in [6, 6.07) is 4.22. The fourth-order valence-corrected chi connectivity index (χ4v) is 6.15. The highest BCUT2D eigenvalue weighted by atomic mass is 79.9. The maximum atomic E-state index is 12.0. The Balaban J connectivity index is 1.38. The van der Waals surface area contributed by atoms with Crippen LogP contribution in [0.4, 0.5) is 5.82 Å². The topological polar surface area (TPSA) is 99.2 Å². The van der Waals surface area contributed by atoms with E-state index in [4.69, 9.17) is 15.5 Å². The number of aryl methyl sites for hydroxylation is 1. The Hall–Kier alpha value is -2.33. The number of benzene rings is 1. The fourth-order valence-electron chi connectivity index (χ4n) is 4.57. The van der Waals surface area contributed by atoms with Crippen molar-refractivity contribution in [1.29, 1.82) is 0 Å². The van der Waals surface area contributed by atoms with E-state index in [-0.39, 0.29) is 5.91 Å². The lowest BCUT2D eigenvalue weighted by molar-refractivity contribution is -0.132. The first-order chi connectivity index (χ1) is 16.0. The summed E-state index contributed by atoms with van der Waals surface area (Å²) in [6.07, 6.45) is 6.09. The number of nitrogens with zero attached hydrogens (tertiary/aromatic N) is 5.